The van der Waals surface area contributed by atoms with Gasteiger partial charge in [-0.15, -0.1) is 0 Å². The van der Waals surface area contributed by atoms with Crippen LogP contribution in [-0.4, -0.2) is 28.6 Å². The van der Waals surface area contributed by atoms with E-state index in [9.17, 15) is 14.7 Å². The molecule has 0 spiro atoms. The minimum absolute atomic E-state index is 0.250. The van der Waals surface area contributed by atoms with Gasteiger partial charge >= 0.3 is 5.97 Å². The molecule has 114 valence electrons. The Kier molecular flexibility index (Phi) is 4.77. The molecular formula is C15H20N2O4. The van der Waals surface area contributed by atoms with E-state index in [1.165, 1.54) is 6.20 Å². The fourth-order valence-electron chi connectivity index (χ4n) is 2.78. The van der Waals surface area contributed by atoms with Crippen molar-refractivity contribution in [1.82, 2.24) is 4.98 Å². The molecule has 2 rings (SSSR count). The van der Waals surface area contributed by atoms with Gasteiger partial charge in [0.2, 0.25) is 11.8 Å². The Hall–Kier alpha value is -2.11. The Balaban J connectivity index is 2.01. The van der Waals surface area contributed by atoms with Gasteiger partial charge in [0.15, 0.2) is 0 Å². The van der Waals surface area contributed by atoms with Crippen molar-refractivity contribution in [1.29, 1.82) is 0 Å². The van der Waals surface area contributed by atoms with Gasteiger partial charge in [-0.05, 0) is 31.7 Å². The van der Waals surface area contributed by atoms with Crippen molar-refractivity contribution in [2.45, 2.75) is 26.7 Å². The van der Waals surface area contributed by atoms with E-state index in [0.717, 1.165) is 0 Å². The molecule has 3 unspecified atom stereocenters. The van der Waals surface area contributed by atoms with Crippen LogP contribution in [0.3, 0.4) is 0 Å². The van der Waals surface area contributed by atoms with Gasteiger partial charge in [-0.1, -0.05) is 6.92 Å². The van der Waals surface area contributed by atoms with E-state index >= 15 is 0 Å². The van der Waals surface area contributed by atoms with Gasteiger partial charge in [0.25, 0.3) is 0 Å². The molecule has 21 heavy (non-hydrogen) atoms. The summed E-state index contributed by atoms with van der Waals surface area (Å²) in [7, 11) is 0. The number of nitrogens with one attached hydrogen (secondary N) is 1. The number of carboxylic acid groups (broad SMARTS) is 1. The first kappa shape index (κ1) is 15.3. The summed E-state index contributed by atoms with van der Waals surface area (Å²) in [6, 6.07) is 3.37. The molecule has 1 saturated carbocycles. The predicted octanol–water partition coefficient (Wildman–Crippen LogP) is 2.17. The molecule has 1 aromatic rings. The third-order valence-electron chi connectivity index (χ3n) is 3.75. The molecule has 6 nitrogen and oxygen atoms in total. The van der Waals surface area contributed by atoms with Crippen LogP contribution in [0, 0.1) is 17.8 Å². The van der Waals surface area contributed by atoms with E-state index in [0.29, 0.717) is 31.0 Å². The van der Waals surface area contributed by atoms with Crippen LogP contribution in [0.5, 0.6) is 5.88 Å². The molecule has 0 saturated heterocycles. The second-order valence-corrected chi connectivity index (χ2v) is 5.44. The molecule has 1 aliphatic carbocycles. The van der Waals surface area contributed by atoms with E-state index < -0.39 is 17.8 Å². The highest BCUT2D eigenvalue weighted by atomic mass is 16.5. The van der Waals surface area contributed by atoms with Crippen molar-refractivity contribution in [2.75, 3.05) is 11.9 Å². The second kappa shape index (κ2) is 6.56. The Morgan fingerprint density at radius 3 is 2.67 bits per heavy atom. The summed E-state index contributed by atoms with van der Waals surface area (Å²) >= 11 is 0. The van der Waals surface area contributed by atoms with Crippen molar-refractivity contribution in [2.24, 2.45) is 17.8 Å². The lowest BCUT2D eigenvalue weighted by molar-refractivity contribution is -0.145. The van der Waals surface area contributed by atoms with Crippen LogP contribution < -0.4 is 10.1 Å². The second-order valence-electron chi connectivity index (χ2n) is 5.44. The molecular weight excluding hydrogens is 272 g/mol. The van der Waals surface area contributed by atoms with E-state index in [4.69, 9.17) is 4.74 Å². The summed E-state index contributed by atoms with van der Waals surface area (Å²) in [6.07, 6.45) is 2.67. The molecule has 0 radical (unpaired) electrons. The van der Waals surface area contributed by atoms with Gasteiger partial charge in [0.1, 0.15) is 0 Å². The highest BCUT2D eigenvalue weighted by molar-refractivity contribution is 5.95. The molecule has 6 heteroatoms. The molecule has 1 fully saturated rings. The number of carbonyl (C=O) groups is 2. The fourth-order valence-corrected chi connectivity index (χ4v) is 2.78. The highest BCUT2D eigenvalue weighted by Crippen LogP contribution is 2.37. The third kappa shape index (κ3) is 3.71. The summed E-state index contributed by atoms with van der Waals surface area (Å²) in [6.45, 7) is 4.37. The summed E-state index contributed by atoms with van der Waals surface area (Å²) < 4.78 is 5.23. The lowest BCUT2D eigenvalue weighted by Crippen LogP contribution is -2.30. The van der Waals surface area contributed by atoms with Crippen LogP contribution in [0.2, 0.25) is 0 Å². The first-order valence-electron chi connectivity index (χ1n) is 7.13. The minimum atomic E-state index is -0.899. The Bertz CT molecular complexity index is 515. The first-order chi connectivity index (χ1) is 10.0. The molecule has 3 atom stereocenters. The first-order valence-corrected chi connectivity index (χ1v) is 7.13. The van der Waals surface area contributed by atoms with Crippen LogP contribution in [0.1, 0.15) is 26.7 Å². The SMILES string of the molecule is CCOc1ccc(NC(=O)C2CC(C)CC2C(=O)O)cn1. The molecule has 2 N–H and O–H groups in total. The van der Waals surface area contributed by atoms with Gasteiger partial charge in [-0.3, -0.25) is 9.59 Å². The molecule has 0 aromatic carbocycles. The maximum absolute atomic E-state index is 12.3. The zero-order valence-electron chi connectivity index (χ0n) is 12.2. The molecule has 1 heterocycles. The number of aliphatic carboxylic acids is 1. The largest absolute Gasteiger partial charge is 0.481 e. The molecule has 1 amide bonds. The van der Waals surface area contributed by atoms with Crippen LogP contribution in [0.4, 0.5) is 5.69 Å². The van der Waals surface area contributed by atoms with Crippen LogP contribution in [0.25, 0.3) is 0 Å². The van der Waals surface area contributed by atoms with Gasteiger partial charge in [-0.25, -0.2) is 4.98 Å². The Labute approximate surface area is 123 Å². The number of hydrogen-bond acceptors (Lipinski definition) is 4. The Morgan fingerprint density at radius 1 is 1.38 bits per heavy atom. The normalized spacial score (nSPS) is 24.6. The van der Waals surface area contributed by atoms with Crippen molar-refractivity contribution < 1.29 is 19.4 Å². The van der Waals surface area contributed by atoms with Crippen molar-refractivity contribution in [3.05, 3.63) is 18.3 Å². The summed E-state index contributed by atoms with van der Waals surface area (Å²) in [5.41, 5.74) is 0.548. The van der Waals surface area contributed by atoms with E-state index in [-0.39, 0.29) is 11.8 Å². The molecule has 1 aliphatic rings. The number of ether oxygens (including phenoxy) is 1. The lowest BCUT2D eigenvalue weighted by atomic mass is 9.95. The van der Waals surface area contributed by atoms with Crippen molar-refractivity contribution in [3.8, 4) is 5.88 Å². The number of aromatic nitrogens is 1. The van der Waals surface area contributed by atoms with Crippen LogP contribution >= 0.6 is 0 Å². The fraction of sp³-hybridized carbons (Fsp3) is 0.533. The van der Waals surface area contributed by atoms with E-state index in [1.54, 1.807) is 12.1 Å². The Morgan fingerprint density at radius 2 is 2.10 bits per heavy atom. The number of rotatable bonds is 5. The third-order valence-corrected chi connectivity index (χ3v) is 3.75. The zero-order chi connectivity index (χ0) is 15.4. The van der Waals surface area contributed by atoms with Gasteiger partial charge in [0.05, 0.1) is 30.3 Å². The summed E-state index contributed by atoms with van der Waals surface area (Å²) in [5, 5.41) is 11.9. The topological polar surface area (TPSA) is 88.5 Å². The van der Waals surface area contributed by atoms with Crippen molar-refractivity contribution in [3.63, 3.8) is 0 Å². The van der Waals surface area contributed by atoms with Gasteiger partial charge in [0, 0.05) is 6.07 Å². The van der Waals surface area contributed by atoms with Gasteiger partial charge in [-0.2, -0.15) is 0 Å². The summed E-state index contributed by atoms with van der Waals surface area (Å²) in [4.78, 5) is 27.5. The zero-order valence-corrected chi connectivity index (χ0v) is 12.2. The standard InChI is InChI=1S/C15H20N2O4/c1-3-21-13-5-4-10(8-16-13)17-14(18)11-6-9(2)7-12(11)15(19)20/h4-5,8-9,11-12H,3,6-7H2,1-2H3,(H,17,18)(H,19,20). The number of carbonyl (C=O) groups excluding carboxylic acids is 1. The lowest BCUT2D eigenvalue weighted by Gasteiger charge is -2.15. The number of amides is 1. The van der Waals surface area contributed by atoms with E-state index in [1.807, 2.05) is 13.8 Å². The summed E-state index contributed by atoms with van der Waals surface area (Å²) in [5.74, 6) is -1.49. The smallest absolute Gasteiger partial charge is 0.307 e. The number of carboxylic acids is 1. The quantitative estimate of drug-likeness (QED) is 0.868. The predicted molar refractivity (Wildman–Crippen MR) is 77.0 cm³/mol. The van der Waals surface area contributed by atoms with Gasteiger partial charge < -0.3 is 15.2 Å². The molecule has 1 aromatic heterocycles. The maximum Gasteiger partial charge on any atom is 0.307 e. The highest BCUT2D eigenvalue weighted by Gasteiger charge is 2.41. The average molecular weight is 292 g/mol. The molecule has 0 bridgehead atoms. The van der Waals surface area contributed by atoms with Crippen LogP contribution in [0.15, 0.2) is 18.3 Å². The maximum atomic E-state index is 12.3. The number of pyridine rings is 1. The van der Waals surface area contributed by atoms with Crippen molar-refractivity contribution >= 4 is 17.6 Å². The monoisotopic (exact) mass is 292 g/mol. The number of anilines is 1. The number of hydrogen-bond donors (Lipinski definition) is 2. The number of nitrogens with zero attached hydrogens (tertiary/aromatic N) is 1. The average Bonchev–Trinajstić information content (AvgIpc) is 2.84. The minimum Gasteiger partial charge on any atom is -0.481 e. The van der Waals surface area contributed by atoms with Crippen LogP contribution in [-0.2, 0) is 9.59 Å². The molecule has 0 aliphatic heterocycles. The van der Waals surface area contributed by atoms with E-state index in [2.05, 4.69) is 10.3 Å².